The van der Waals surface area contributed by atoms with Crippen molar-refractivity contribution < 1.29 is 14.4 Å². The lowest BCUT2D eigenvalue weighted by Gasteiger charge is -2.21. The highest BCUT2D eigenvalue weighted by molar-refractivity contribution is 6.07. The van der Waals surface area contributed by atoms with Crippen LogP contribution in [0.5, 0.6) is 0 Å². The first-order chi connectivity index (χ1) is 15.3. The Morgan fingerprint density at radius 3 is 2.81 bits per heavy atom. The van der Waals surface area contributed by atoms with Crippen molar-refractivity contribution in [2.24, 2.45) is 5.92 Å². The van der Waals surface area contributed by atoms with Crippen LogP contribution < -0.4 is 16.0 Å². The SMILES string of the molecule is CC1CCc2[nH]c3ccc(C(=O)NCc4cccc(C5(C)NC(=O)NC5=O)c4)cc3c2C1. The first-order valence-corrected chi connectivity index (χ1v) is 11.0. The van der Waals surface area contributed by atoms with E-state index in [9.17, 15) is 14.4 Å². The quantitative estimate of drug-likeness (QED) is 0.478. The van der Waals surface area contributed by atoms with Crippen molar-refractivity contribution >= 4 is 28.7 Å². The number of amides is 4. The third-order valence-electron chi connectivity index (χ3n) is 6.70. The van der Waals surface area contributed by atoms with Crippen molar-refractivity contribution in [1.29, 1.82) is 0 Å². The number of imide groups is 1. The molecule has 164 valence electrons. The number of carbonyl (C=O) groups excluding carboxylic acids is 3. The summed E-state index contributed by atoms with van der Waals surface area (Å²) in [7, 11) is 0. The van der Waals surface area contributed by atoms with Gasteiger partial charge in [0.2, 0.25) is 0 Å². The van der Waals surface area contributed by atoms with Gasteiger partial charge >= 0.3 is 6.03 Å². The average molecular weight is 431 g/mol. The lowest BCUT2D eigenvalue weighted by atomic mass is 9.87. The predicted molar refractivity (Wildman–Crippen MR) is 121 cm³/mol. The number of carbonyl (C=O) groups is 3. The number of hydrogen-bond acceptors (Lipinski definition) is 3. The zero-order chi connectivity index (χ0) is 22.5. The van der Waals surface area contributed by atoms with Crippen molar-refractivity contribution in [3.8, 4) is 0 Å². The Bertz CT molecular complexity index is 1260. The van der Waals surface area contributed by atoms with Gasteiger partial charge in [0.05, 0.1) is 0 Å². The molecule has 5 rings (SSSR count). The molecule has 1 aliphatic carbocycles. The van der Waals surface area contributed by atoms with Gasteiger partial charge in [-0.1, -0.05) is 31.2 Å². The Hall–Kier alpha value is -3.61. The summed E-state index contributed by atoms with van der Waals surface area (Å²) in [6, 6.07) is 12.6. The summed E-state index contributed by atoms with van der Waals surface area (Å²) < 4.78 is 0. The van der Waals surface area contributed by atoms with E-state index in [1.165, 1.54) is 17.7 Å². The molecule has 7 heteroatoms. The van der Waals surface area contributed by atoms with Crippen molar-refractivity contribution in [1.82, 2.24) is 20.9 Å². The van der Waals surface area contributed by atoms with E-state index in [1.54, 1.807) is 13.0 Å². The summed E-state index contributed by atoms with van der Waals surface area (Å²) in [5.74, 6) is 0.121. The molecule has 3 aromatic rings. The van der Waals surface area contributed by atoms with Crippen LogP contribution in [0, 0.1) is 5.92 Å². The van der Waals surface area contributed by atoms with Gasteiger partial charge in [0.25, 0.3) is 11.8 Å². The summed E-state index contributed by atoms with van der Waals surface area (Å²) in [4.78, 5) is 40.2. The molecule has 2 unspecified atom stereocenters. The molecular formula is C25H26N4O3. The molecule has 1 aromatic heterocycles. The van der Waals surface area contributed by atoms with E-state index in [-0.39, 0.29) is 11.8 Å². The fraction of sp³-hybridized carbons (Fsp3) is 0.320. The number of H-pyrrole nitrogens is 1. The molecular weight excluding hydrogens is 404 g/mol. The van der Waals surface area contributed by atoms with Gasteiger partial charge in [-0.3, -0.25) is 14.9 Å². The van der Waals surface area contributed by atoms with Crippen LogP contribution in [0.1, 0.15) is 53.0 Å². The smallest absolute Gasteiger partial charge is 0.322 e. The maximum absolute atomic E-state index is 12.9. The molecule has 2 aliphatic rings. The summed E-state index contributed by atoms with van der Waals surface area (Å²) >= 11 is 0. The normalized spacial score (nSPS) is 22.4. The van der Waals surface area contributed by atoms with Crippen LogP contribution in [-0.2, 0) is 29.7 Å². The summed E-state index contributed by atoms with van der Waals surface area (Å²) in [5, 5.41) is 9.05. The minimum absolute atomic E-state index is 0.144. The number of fused-ring (bicyclic) bond motifs is 3. The number of benzene rings is 2. The topological polar surface area (TPSA) is 103 Å². The van der Waals surface area contributed by atoms with E-state index in [0.29, 0.717) is 23.6 Å². The van der Waals surface area contributed by atoms with Crippen LogP contribution in [0.15, 0.2) is 42.5 Å². The van der Waals surface area contributed by atoms with Crippen LogP contribution in [0.4, 0.5) is 4.79 Å². The van der Waals surface area contributed by atoms with E-state index < -0.39 is 11.6 Å². The number of aromatic nitrogens is 1. The van der Waals surface area contributed by atoms with Crippen molar-refractivity contribution in [3.05, 3.63) is 70.4 Å². The number of aromatic amines is 1. The largest absolute Gasteiger partial charge is 0.358 e. The Kier molecular flexibility index (Phi) is 4.77. The molecule has 2 heterocycles. The Balaban J connectivity index is 1.33. The van der Waals surface area contributed by atoms with Crippen LogP contribution >= 0.6 is 0 Å². The highest BCUT2D eigenvalue weighted by atomic mass is 16.2. The fourth-order valence-corrected chi connectivity index (χ4v) is 4.76. The average Bonchev–Trinajstić information content (AvgIpc) is 3.27. The van der Waals surface area contributed by atoms with E-state index in [2.05, 4.69) is 27.9 Å². The number of nitrogens with one attached hydrogen (secondary N) is 4. The van der Waals surface area contributed by atoms with Crippen LogP contribution in [0.3, 0.4) is 0 Å². The van der Waals surface area contributed by atoms with E-state index in [1.807, 2.05) is 36.4 Å². The molecule has 0 spiro atoms. The van der Waals surface area contributed by atoms with Gasteiger partial charge in [-0.15, -0.1) is 0 Å². The van der Waals surface area contributed by atoms with Crippen LogP contribution in [0.2, 0.25) is 0 Å². The first kappa shape index (κ1) is 20.3. The van der Waals surface area contributed by atoms with Crippen LogP contribution in [-0.4, -0.2) is 22.8 Å². The Morgan fingerprint density at radius 2 is 2.03 bits per heavy atom. The minimum atomic E-state index is -1.12. The van der Waals surface area contributed by atoms with Crippen molar-refractivity contribution in [2.45, 2.75) is 45.2 Å². The first-order valence-electron chi connectivity index (χ1n) is 11.0. The van der Waals surface area contributed by atoms with Crippen LogP contribution in [0.25, 0.3) is 10.9 Å². The highest BCUT2D eigenvalue weighted by Gasteiger charge is 2.43. The second-order valence-electron chi connectivity index (χ2n) is 9.11. The molecule has 7 nitrogen and oxygen atoms in total. The summed E-state index contributed by atoms with van der Waals surface area (Å²) in [5.41, 5.74) is 4.74. The monoisotopic (exact) mass is 430 g/mol. The number of aryl methyl sites for hydroxylation is 1. The molecule has 4 N–H and O–H groups in total. The highest BCUT2D eigenvalue weighted by Crippen LogP contribution is 2.32. The van der Waals surface area contributed by atoms with Crippen molar-refractivity contribution in [3.63, 3.8) is 0 Å². The lowest BCUT2D eigenvalue weighted by Crippen LogP contribution is -2.40. The van der Waals surface area contributed by atoms with Crippen molar-refractivity contribution in [2.75, 3.05) is 0 Å². The van der Waals surface area contributed by atoms with Gasteiger partial charge in [-0.2, -0.15) is 0 Å². The Morgan fingerprint density at radius 1 is 1.19 bits per heavy atom. The Labute approximate surface area is 186 Å². The van der Waals surface area contributed by atoms with Gasteiger partial charge < -0.3 is 15.6 Å². The molecule has 1 saturated heterocycles. The van der Waals surface area contributed by atoms with E-state index >= 15 is 0 Å². The molecule has 0 saturated carbocycles. The molecule has 2 aromatic carbocycles. The minimum Gasteiger partial charge on any atom is -0.358 e. The lowest BCUT2D eigenvalue weighted by molar-refractivity contribution is -0.123. The summed E-state index contributed by atoms with van der Waals surface area (Å²) in [6.45, 7) is 4.25. The standard InChI is InChI=1S/C25H26N4O3/c1-14-6-8-20-18(10-14)19-12-16(7-9-21(19)27-20)22(30)26-13-15-4-3-5-17(11-15)25(2)23(31)28-24(32)29-25/h3-5,7,9,11-12,14,27H,6,8,10,13H2,1-2H3,(H,26,30)(H2,28,29,31,32). The molecule has 0 bridgehead atoms. The fourth-order valence-electron chi connectivity index (χ4n) is 4.76. The second-order valence-corrected chi connectivity index (χ2v) is 9.11. The zero-order valence-electron chi connectivity index (χ0n) is 18.2. The number of urea groups is 1. The third kappa shape index (κ3) is 3.43. The third-order valence-corrected chi connectivity index (χ3v) is 6.70. The van der Waals surface area contributed by atoms with Gasteiger partial charge in [0, 0.05) is 28.7 Å². The molecule has 1 aliphatic heterocycles. The summed E-state index contributed by atoms with van der Waals surface area (Å²) in [6.07, 6.45) is 3.28. The second kappa shape index (κ2) is 7.51. The zero-order valence-corrected chi connectivity index (χ0v) is 18.2. The number of hydrogen-bond donors (Lipinski definition) is 4. The maximum atomic E-state index is 12.9. The molecule has 32 heavy (non-hydrogen) atoms. The van der Waals surface area contributed by atoms with E-state index in [4.69, 9.17) is 0 Å². The molecule has 1 fully saturated rings. The van der Waals surface area contributed by atoms with E-state index in [0.717, 1.165) is 29.3 Å². The predicted octanol–water partition coefficient (Wildman–Crippen LogP) is 3.28. The van der Waals surface area contributed by atoms with Gasteiger partial charge in [0.1, 0.15) is 5.54 Å². The number of rotatable bonds is 4. The molecule has 4 amide bonds. The van der Waals surface area contributed by atoms with Gasteiger partial charge in [-0.25, -0.2) is 4.79 Å². The maximum Gasteiger partial charge on any atom is 0.322 e. The van der Waals surface area contributed by atoms with Gasteiger partial charge in [0.15, 0.2) is 0 Å². The van der Waals surface area contributed by atoms with Gasteiger partial charge in [-0.05, 0) is 67.0 Å². The molecule has 0 radical (unpaired) electrons. The molecule has 2 atom stereocenters.